The first kappa shape index (κ1) is 21.1. The molecule has 4 atom stereocenters. The molecule has 2 aliphatic rings. The molecule has 4 heteroatoms. The summed E-state index contributed by atoms with van der Waals surface area (Å²) in [5.41, 5.74) is 2.40. The van der Waals surface area contributed by atoms with Crippen LogP contribution in [0.1, 0.15) is 43.7 Å². The van der Waals surface area contributed by atoms with Crippen molar-refractivity contribution in [2.24, 2.45) is 0 Å². The van der Waals surface area contributed by atoms with E-state index >= 15 is 0 Å². The zero-order valence-electron chi connectivity index (χ0n) is 17.7. The normalized spacial score (nSPS) is 25.8. The highest BCUT2D eigenvalue weighted by Crippen LogP contribution is 2.33. The van der Waals surface area contributed by atoms with Crippen molar-refractivity contribution in [3.8, 4) is 0 Å². The Morgan fingerprint density at radius 2 is 1.63 bits per heavy atom. The van der Waals surface area contributed by atoms with E-state index in [0.29, 0.717) is 13.2 Å². The number of rotatable bonds is 9. The third kappa shape index (κ3) is 5.94. The molecule has 160 valence electrons. The summed E-state index contributed by atoms with van der Waals surface area (Å²) in [5.74, 6) is 0.973. The Bertz CT molecular complexity index is 789. The lowest BCUT2D eigenvalue weighted by molar-refractivity contribution is -0.199. The van der Waals surface area contributed by atoms with E-state index < -0.39 is 0 Å². The molecule has 2 heterocycles. The Morgan fingerprint density at radius 3 is 2.37 bits per heavy atom. The van der Waals surface area contributed by atoms with Gasteiger partial charge in [0.1, 0.15) is 6.10 Å². The Balaban J connectivity index is 1.27. The van der Waals surface area contributed by atoms with Gasteiger partial charge in [0, 0.05) is 13.0 Å². The van der Waals surface area contributed by atoms with Crippen molar-refractivity contribution in [2.45, 2.75) is 70.2 Å². The Hall–Kier alpha value is -2.14. The zero-order valence-corrected chi connectivity index (χ0v) is 17.7. The van der Waals surface area contributed by atoms with Crippen LogP contribution in [-0.2, 0) is 32.2 Å². The van der Waals surface area contributed by atoms with E-state index in [2.05, 4.69) is 30.3 Å². The molecule has 0 aromatic heterocycles. The molecule has 1 saturated heterocycles. The lowest BCUT2D eigenvalue weighted by Crippen LogP contribution is -2.51. The predicted octanol–water partition coefficient (Wildman–Crippen LogP) is 5.42. The molecular formula is C26H32O4. The van der Waals surface area contributed by atoms with Gasteiger partial charge in [0.25, 0.3) is 0 Å². The first-order valence-corrected chi connectivity index (χ1v) is 11.0. The second-order valence-electron chi connectivity index (χ2n) is 8.18. The monoisotopic (exact) mass is 408 g/mol. The first-order chi connectivity index (χ1) is 14.8. The third-order valence-corrected chi connectivity index (χ3v) is 5.79. The van der Waals surface area contributed by atoms with Crippen LogP contribution >= 0.6 is 0 Å². The fraction of sp³-hybridized carbons (Fsp3) is 0.462. The molecule has 4 rings (SSSR count). The minimum absolute atomic E-state index is 0.0238. The van der Waals surface area contributed by atoms with Gasteiger partial charge >= 0.3 is 0 Å². The number of allylic oxidation sites excluding steroid dienone is 1. The van der Waals surface area contributed by atoms with Crippen molar-refractivity contribution >= 4 is 0 Å². The Labute approximate surface area is 179 Å². The molecule has 0 saturated carbocycles. The second-order valence-corrected chi connectivity index (χ2v) is 8.18. The van der Waals surface area contributed by atoms with Crippen LogP contribution in [0.5, 0.6) is 0 Å². The number of hydrogen-bond donors (Lipinski definition) is 0. The molecule has 0 aliphatic carbocycles. The fourth-order valence-electron chi connectivity index (χ4n) is 4.20. The SMILES string of the molecule is CC1=CC[C@H]2O[C@H](CCCOCc3ccccc3)C[C@H](OCc3ccccc3)[C@@H]2O1. The van der Waals surface area contributed by atoms with Gasteiger partial charge in [-0.1, -0.05) is 60.7 Å². The molecule has 0 amide bonds. The van der Waals surface area contributed by atoms with Gasteiger partial charge in [-0.15, -0.1) is 0 Å². The zero-order chi connectivity index (χ0) is 20.6. The third-order valence-electron chi connectivity index (χ3n) is 5.79. The van der Waals surface area contributed by atoms with Gasteiger partial charge < -0.3 is 18.9 Å². The number of fused-ring (bicyclic) bond motifs is 1. The smallest absolute Gasteiger partial charge is 0.151 e. The number of hydrogen-bond acceptors (Lipinski definition) is 4. The molecule has 1 fully saturated rings. The summed E-state index contributed by atoms with van der Waals surface area (Å²) in [6, 6.07) is 20.6. The summed E-state index contributed by atoms with van der Waals surface area (Å²) in [4.78, 5) is 0. The van der Waals surface area contributed by atoms with E-state index in [9.17, 15) is 0 Å². The predicted molar refractivity (Wildman–Crippen MR) is 117 cm³/mol. The van der Waals surface area contributed by atoms with Crippen LogP contribution in [0.15, 0.2) is 72.5 Å². The van der Waals surface area contributed by atoms with Crippen LogP contribution in [-0.4, -0.2) is 31.0 Å². The van der Waals surface area contributed by atoms with Crippen LogP contribution < -0.4 is 0 Å². The maximum atomic E-state index is 6.38. The first-order valence-electron chi connectivity index (χ1n) is 11.0. The quantitative estimate of drug-likeness (QED) is 0.519. The van der Waals surface area contributed by atoms with Gasteiger partial charge in [-0.05, 0) is 43.4 Å². The van der Waals surface area contributed by atoms with Gasteiger partial charge in [0.2, 0.25) is 0 Å². The average molecular weight is 409 g/mol. The van der Waals surface area contributed by atoms with Crippen LogP contribution in [0.4, 0.5) is 0 Å². The van der Waals surface area contributed by atoms with Crippen molar-refractivity contribution in [1.29, 1.82) is 0 Å². The van der Waals surface area contributed by atoms with Crippen LogP contribution in [0.25, 0.3) is 0 Å². The van der Waals surface area contributed by atoms with Crippen molar-refractivity contribution in [3.05, 3.63) is 83.6 Å². The second kappa shape index (κ2) is 10.8. The van der Waals surface area contributed by atoms with Gasteiger partial charge in [-0.2, -0.15) is 0 Å². The van der Waals surface area contributed by atoms with Gasteiger partial charge in [0.05, 0.1) is 31.2 Å². The lowest BCUT2D eigenvalue weighted by Gasteiger charge is -2.43. The van der Waals surface area contributed by atoms with E-state index in [1.165, 1.54) is 11.1 Å². The molecule has 4 nitrogen and oxygen atoms in total. The van der Waals surface area contributed by atoms with Crippen molar-refractivity contribution in [2.75, 3.05) is 6.61 Å². The van der Waals surface area contributed by atoms with Crippen LogP contribution in [0, 0.1) is 0 Å². The minimum atomic E-state index is -0.0238. The van der Waals surface area contributed by atoms with Gasteiger partial charge in [0.15, 0.2) is 6.10 Å². The largest absolute Gasteiger partial charge is 0.490 e. The van der Waals surface area contributed by atoms with Crippen LogP contribution in [0.2, 0.25) is 0 Å². The van der Waals surface area contributed by atoms with E-state index in [1.807, 2.05) is 43.3 Å². The molecule has 0 N–H and O–H groups in total. The summed E-state index contributed by atoms with van der Waals surface area (Å²) in [6.45, 7) is 4.03. The molecule has 2 aromatic carbocycles. The fourth-order valence-corrected chi connectivity index (χ4v) is 4.20. The Morgan fingerprint density at radius 1 is 0.933 bits per heavy atom. The maximum Gasteiger partial charge on any atom is 0.151 e. The van der Waals surface area contributed by atoms with E-state index in [1.54, 1.807) is 0 Å². The molecular weight excluding hydrogens is 376 g/mol. The average Bonchev–Trinajstić information content (AvgIpc) is 2.79. The highest BCUT2D eigenvalue weighted by molar-refractivity contribution is 5.14. The van der Waals surface area contributed by atoms with Gasteiger partial charge in [-0.3, -0.25) is 0 Å². The molecule has 0 spiro atoms. The standard InChI is InChI=1S/C26H32O4/c1-20-14-15-24-26(29-20)25(28-19-22-11-6-3-7-12-22)17-23(30-24)13-8-16-27-18-21-9-4-2-5-10-21/h2-7,9-12,14,23-26H,8,13,15-19H2,1H3/t23-,24-,25+,26-/m1/s1. The summed E-state index contributed by atoms with van der Waals surface area (Å²) in [6.07, 6.45) is 6.11. The molecule has 30 heavy (non-hydrogen) atoms. The highest BCUT2D eigenvalue weighted by atomic mass is 16.6. The molecule has 2 aliphatic heterocycles. The lowest BCUT2D eigenvalue weighted by atomic mass is 9.92. The van der Waals surface area contributed by atoms with E-state index in [0.717, 1.165) is 38.0 Å². The summed E-state index contributed by atoms with van der Waals surface area (Å²) < 4.78 is 24.7. The topological polar surface area (TPSA) is 36.9 Å². The van der Waals surface area contributed by atoms with Crippen LogP contribution in [0.3, 0.4) is 0 Å². The number of benzene rings is 2. The summed E-state index contributed by atoms with van der Waals surface area (Å²) in [5, 5.41) is 0. The number of ether oxygens (including phenoxy) is 4. The van der Waals surface area contributed by atoms with Gasteiger partial charge in [-0.25, -0.2) is 0 Å². The van der Waals surface area contributed by atoms with E-state index in [-0.39, 0.29) is 24.4 Å². The Kier molecular flexibility index (Phi) is 7.57. The van der Waals surface area contributed by atoms with Crippen molar-refractivity contribution in [3.63, 3.8) is 0 Å². The molecule has 0 unspecified atom stereocenters. The minimum Gasteiger partial charge on any atom is -0.490 e. The maximum absolute atomic E-state index is 6.38. The molecule has 0 bridgehead atoms. The highest BCUT2D eigenvalue weighted by Gasteiger charge is 2.42. The van der Waals surface area contributed by atoms with Crippen molar-refractivity contribution < 1.29 is 18.9 Å². The van der Waals surface area contributed by atoms with E-state index in [4.69, 9.17) is 18.9 Å². The summed E-state index contributed by atoms with van der Waals surface area (Å²) in [7, 11) is 0. The summed E-state index contributed by atoms with van der Waals surface area (Å²) >= 11 is 0. The molecule has 2 aromatic rings. The molecule has 0 radical (unpaired) electrons. The van der Waals surface area contributed by atoms with Crippen molar-refractivity contribution in [1.82, 2.24) is 0 Å².